The lowest BCUT2D eigenvalue weighted by Gasteiger charge is -2.20. The minimum absolute atomic E-state index is 0.0621. The van der Waals surface area contributed by atoms with Crippen molar-refractivity contribution >= 4 is 17.6 Å². The molecule has 0 aromatic heterocycles. The van der Waals surface area contributed by atoms with Crippen molar-refractivity contribution < 1.29 is 23.6 Å². The molecule has 0 aliphatic carbocycles. The van der Waals surface area contributed by atoms with Gasteiger partial charge in [-0.05, 0) is 13.0 Å². The van der Waals surface area contributed by atoms with Gasteiger partial charge in [0.15, 0.2) is 0 Å². The van der Waals surface area contributed by atoms with Crippen LogP contribution in [0.25, 0.3) is 0 Å². The highest BCUT2D eigenvalue weighted by Gasteiger charge is 2.48. The fraction of sp³-hybridized carbons (Fsp3) is 0.385. The standard InChI is InChI=1S/C13H14FN3O5/c1-13(7-22-2)11(18)16(12(19)15-13)6-8-9(14)4-3-5-10(8)17(20)21/h3-5H,6-7H2,1-2H3,(H,15,19)/t13-/m0/s1. The fourth-order valence-electron chi connectivity index (χ4n) is 2.31. The Morgan fingerprint density at radius 3 is 2.73 bits per heavy atom. The molecule has 8 nitrogen and oxygen atoms in total. The first kappa shape index (κ1) is 15.8. The van der Waals surface area contributed by atoms with E-state index in [1.54, 1.807) is 0 Å². The quantitative estimate of drug-likeness (QED) is 0.500. The molecule has 1 aromatic carbocycles. The molecule has 22 heavy (non-hydrogen) atoms. The van der Waals surface area contributed by atoms with Crippen molar-refractivity contribution in [3.8, 4) is 0 Å². The molecule has 0 spiro atoms. The first-order valence-electron chi connectivity index (χ1n) is 6.35. The predicted molar refractivity (Wildman–Crippen MR) is 72.4 cm³/mol. The summed E-state index contributed by atoms with van der Waals surface area (Å²) in [7, 11) is 1.37. The maximum absolute atomic E-state index is 13.9. The highest BCUT2D eigenvalue weighted by atomic mass is 19.1. The molecule has 1 fully saturated rings. The van der Waals surface area contributed by atoms with E-state index in [1.807, 2.05) is 0 Å². The Labute approximate surface area is 125 Å². The van der Waals surface area contributed by atoms with Gasteiger partial charge >= 0.3 is 6.03 Å². The van der Waals surface area contributed by atoms with E-state index in [0.29, 0.717) is 0 Å². The van der Waals surface area contributed by atoms with Gasteiger partial charge in [0.1, 0.15) is 11.4 Å². The molecule has 1 atom stereocenters. The first-order valence-corrected chi connectivity index (χ1v) is 6.35. The van der Waals surface area contributed by atoms with Crippen molar-refractivity contribution in [2.24, 2.45) is 0 Å². The molecule has 1 saturated heterocycles. The minimum atomic E-state index is -1.27. The summed E-state index contributed by atoms with van der Waals surface area (Å²) < 4.78 is 18.7. The molecule has 0 unspecified atom stereocenters. The Hall–Kier alpha value is -2.55. The second kappa shape index (κ2) is 5.68. The summed E-state index contributed by atoms with van der Waals surface area (Å²) >= 11 is 0. The topological polar surface area (TPSA) is 102 Å². The number of hydrogen-bond acceptors (Lipinski definition) is 5. The number of hydrogen-bond donors (Lipinski definition) is 1. The Morgan fingerprint density at radius 1 is 1.45 bits per heavy atom. The number of carbonyl (C=O) groups excluding carboxylic acids is 2. The number of urea groups is 1. The Morgan fingerprint density at radius 2 is 2.14 bits per heavy atom. The van der Waals surface area contributed by atoms with Crippen LogP contribution in [-0.2, 0) is 16.1 Å². The zero-order valence-electron chi connectivity index (χ0n) is 12.0. The normalized spacial score (nSPS) is 21.1. The lowest BCUT2D eigenvalue weighted by Crippen LogP contribution is -2.47. The number of carbonyl (C=O) groups is 2. The second-order valence-electron chi connectivity index (χ2n) is 5.08. The molecule has 3 amide bonds. The van der Waals surface area contributed by atoms with Crippen molar-refractivity contribution in [3.63, 3.8) is 0 Å². The number of nitrogens with zero attached hydrogens (tertiary/aromatic N) is 2. The monoisotopic (exact) mass is 311 g/mol. The number of methoxy groups -OCH3 is 1. The van der Waals surface area contributed by atoms with Gasteiger partial charge in [-0.2, -0.15) is 0 Å². The number of nitrogens with one attached hydrogen (secondary N) is 1. The van der Waals surface area contributed by atoms with Crippen LogP contribution in [-0.4, -0.2) is 41.0 Å². The van der Waals surface area contributed by atoms with Crippen LogP contribution in [0.2, 0.25) is 0 Å². The van der Waals surface area contributed by atoms with Crippen LogP contribution in [0.5, 0.6) is 0 Å². The molecule has 0 radical (unpaired) electrons. The van der Waals surface area contributed by atoms with Gasteiger partial charge in [0, 0.05) is 13.2 Å². The molecule has 1 heterocycles. The fourth-order valence-corrected chi connectivity index (χ4v) is 2.31. The lowest BCUT2D eigenvalue weighted by molar-refractivity contribution is -0.385. The molecule has 9 heteroatoms. The van der Waals surface area contributed by atoms with Gasteiger partial charge in [0.2, 0.25) is 0 Å². The molecular weight excluding hydrogens is 297 g/mol. The van der Waals surface area contributed by atoms with Crippen molar-refractivity contribution in [2.45, 2.75) is 19.0 Å². The molecule has 118 valence electrons. The number of imide groups is 1. The van der Waals surface area contributed by atoms with Gasteiger partial charge in [-0.3, -0.25) is 19.8 Å². The van der Waals surface area contributed by atoms with Crippen LogP contribution in [0, 0.1) is 15.9 Å². The van der Waals surface area contributed by atoms with Crippen LogP contribution in [0.4, 0.5) is 14.9 Å². The van der Waals surface area contributed by atoms with Crippen LogP contribution in [0.15, 0.2) is 18.2 Å². The number of benzene rings is 1. The van der Waals surface area contributed by atoms with Crippen LogP contribution >= 0.6 is 0 Å². The van der Waals surface area contributed by atoms with E-state index in [9.17, 15) is 24.1 Å². The molecule has 2 rings (SSSR count). The zero-order valence-corrected chi connectivity index (χ0v) is 12.0. The SMILES string of the molecule is COC[C@]1(C)NC(=O)N(Cc2c(F)cccc2[N+](=O)[O-])C1=O. The van der Waals surface area contributed by atoms with Crippen molar-refractivity contribution in [1.82, 2.24) is 10.2 Å². The van der Waals surface area contributed by atoms with Gasteiger partial charge in [0.25, 0.3) is 11.6 Å². The summed E-state index contributed by atoms with van der Waals surface area (Å²) in [6, 6.07) is 2.60. The summed E-state index contributed by atoms with van der Waals surface area (Å²) in [6.45, 7) is 0.882. The molecule has 0 bridgehead atoms. The Kier molecular flexibility index (Phi) is 4.09. The van der Waals surface area contributed by atoms with Crippen LogP contribution < -0.4 is 5.32 Å². The summed E-state index contributed by atoms with van der Waals surface area (Å²) in [5, 5.41) is 13.4. The number of rotatable bonds is 5. The third kappa shape index (κ3) is 2.62. The van der Waals surface area contributed by atoms with E-state index >= 15 is 0 Å². The summed E-state index contributed by atoms with van der Waals surface area (Å²) in [5.74, 6) is -1.48. The maximum atomic E-state index is 13.9. The Balaban J connectivity index is 2.34. The molecule has 0 saturated carbocycles. The second-order valence-corrected chi connectivity index (χ2v) is 5.08. The molecule has 1 aromatic rings. The summed E-state index contributed by atoms with van der Waals surface area (Å²) in [5.41, 5.74) is -2.08. The summed E-state index contributed by atoms with van der Waals surface area (Å²) in [6.07, 6.45) is 0. The van der Waals surface area contributed by atoms with Gasteiger partial charge in [-0.25, -0.2) is 9.18 Å². The first-order chi connectivity index (χ1) is 10.3. The number of halogens is 1. The number of nitro groups is 1. The zero-order chi connectivity index (χ0) is 16.5. The largest absolute Gasteiger partial charge is 0.382 e. The van der Waals surface area contributed by atoms with Gasteiger partial charge < -0.3 is 10.1 Å². The number of nitro benzene ring substituents is 1. The van der Waals surface area contributed by atoms with Crippen molar-refractivity contribution in [1.29, 1.82) is 0 Å². The van der Waals surface area contributed by atoms with E-state index in [0.717, 1.165) is 17.0 Å². The third-order valence-corrected chi connectivity index (χ3v) is 3.39. The molecule has 1 N–H and O–H groups in total. The van der Waals surface area contributed by atoms with Crippen molar-refractivity contribution in [3.05, 3.63) is 39.7 Å². The van der Waals surface area contributed by atoms with E-state index in [1.165, 1.54) is 20.1 Å². The Bertz CT molecular complexity index is 651. The maximum Gasteiger partial charge on any atom is 0.325 e. The average molecular weight is 311 g/mol. The minimum Gasteiger partial charge on any atom is -0.382 e. The van der Waals surface area contributed by atoms with E-state index < -0.39 is 40.4 Å². The van der Waals surface area contributed by atoms with Gasteiger partial charge in [-0.1, -0.05) is 6.07 Å². The molecule has 1 aliphatic heterocycles. The highest BCUT2D eigenvalue weighted by molar-refractivity contribution is 6.06. The molecule has 1 aliphatic rings. The average Bonchev–Trinajstić information content (AvgIpc) is 2.64. The predicted octanol–water partition coefficient (Wildman–Crippen LogP) is 1.19. The number of ether oxygens (including phenoxy) is 1. The van der Waals surface area contributed by atoms with Gasteiger partial charge in [0.05, 0.1) is 23.6 Å². The lowest BCUT2D eigenvalue weighted by atomic mass is 10.0. The van der Waals surface area contributed by atoms with Crippen LogP contribution in [0.1, 0.15) is 12.5 Å². The number of amides is 3. The smallest absolute Gasteiger partial charge is 0.325 e. The highest BCUT2D eigenvalue weighted by Crippen LogP contribution is 2.26. The third-order valence-electron chi connectivity index (χ3n) is 3.39. The van der Waals surface area contributed by atoms with E-state index in [2.05, 4.69) is 5.32 Å². The van der Waals surface area contributed by atoms with E-state index in [4.69, 9.17) is 4.74 Å². The van der Waals surface area contributed by atoms with E-state index in [-0.39, 0.29) is 12.2 Å². The van der Waals surface area contributed by atoms with Crippen LogP contribution in [0.3, 0.4) is 0 Å². The molecular formula is C13H14FN3O5. The van der Waals surface area contributed by atoms with Gasteiger partial charge in [-0.15, -0.1) is 0 Å². The summed E-state index contributed by atoms with van der Waals surface area (Å²) in [4.78, 5) is 35.2. The van der Waals surface area contributed by atoms with Crippen molar-refractivity contribution in [2.75, 3.05) is 13.7 Å².